The van der Waals surface area contributed by atoms with Crippen molar-refractivity contribution in [3.63, 3.8) is 0 Å². The Kier molecular flexibility index (Phi) is 3.23. The molecule has 1 saturated carbocycles. The number of H-pyrrole nitrogens is 1. The van der Waals surface area contributed by atoms with Crippen LogP contribution in [0.3, 0.4) is 0 Å². The molecule has 1 N–H and O–H groups in total. The number of benzene rings is 1. The second kappa shape index (κ2) is 5.45. The summed E-state index contributed by atoms with van der Waals surface area (Å²) in [4.78, 5) is 6.24. The number of likely N-dealkylation sites (tertiary alicyclic amines) is 1. The molecule has 1 aliphatic carbocycles. The lowest BCUT2D eigenvalue weighted by Gasteiger charge is -2.38. The fourth-order valence-electron chi connectivity index (χ4n) is 4.41. The first kappa shape index (κ1) is 14.2. The van der Waals surface area contributed by atoms with Gasteiger partial charge in [-0.3, -0.25) is 4.90 Å². The number of nitrogens with zero attached hydrogens (tertiary/aromatic N) is 4. The number of hydrogen-bond acceptors (Lipinski definition) is 3. The van der Waals surface area contributed by atoms with E-state index in [1.54, 1.807) is 6.20 Å². The summed E-state index contributed by atoms with van der Waals surface area (Å²) in [5.41, 5.74) is 4.48. The van der Waals surface area contributed by atoms with Crippen molar-refractivity contribution in [1.82, 2.24) is 24.9 Å². The van der Waals surface area contributed by atoms with Gasteiger partial charge < -0.3 is 4.98 Å². The molecule has 0 radical (unpaired) electrons. The Morgan fingerprint density at radius 2 is 2.08 bits per heavy atom. The molecule has 1 saturated heterocycles. The van der Waals surface area contributed by atoms with Crippen LogP contribution in [0.5, 0.6) is 0 Å². The summed E-state index contributed by atoms with van der Waals surface area (Å²) in [7, 11) is 0. The summed E-state index contributed by atoms with van der Waals surface area (Å²) in [5.74, 6) is 0. The molecular weight excluding hydrogens is 298 g/mol. The molecule has 2 aromatic heterocycles. The summed E-state index contributed by atoms with van der Waals surface area (Å²) in [6.07, 6.45) is 9.35. The number of nitrogens with one attached hydrogen (secondary N) is 1. The number of fused-ring (bicyclic) bond motifs is 1. The Balaban J connectivity index is 1.32. The predicted octanol–water partition coefficient (Wildman–Crippen LogP) is 3.18. The molecule has 1 aromatic carbocycles. The molecule has 3 heterocycles. The van der Waals surface area contributed by atoms with Gasteiger partial charge in [0.2, 0.25) is 0 Å². The molecule has 2 aliphatic rings. The Bertz CT molecular complexity index is 844. The van der Waals surface area contributed by atoms with Gasteiger partial charge in [0, 0.05) is 30.5 Å². The van der Waals surface area contributed by atoms with Gasteiger partial charge in [0.25, 0.3) is 0 Å². The monoisotopic (exact) mass is 321 g/mol. The molecule has 1 aliphatic heterocycles. The number of rotatable bonds is 4. The Hall–Kier alpha value is -2.14. The molecule has 24 heavy (non-hydrogen) atoms. The van der Waals surface area contributed by atoms with Crippen molar-refractivity contribution in [2.75, 3.05) is 13.1 Å². The maximum absolute atomic E-state index is 4.04. The van der Waals surface area contributed by atoms with Crippen molar-refractivity contribution in [3.05, 3.63) is 47.9 Å². The van der Waals surface area contributed by atoms with E-state index in [-0.39, 0.29) is 0 Å². The van der Waals surface area contributed by atoms with Crippen molar-refractivity contribution in [1.29, 1.82) is 0 Å². The summed E-state index contributed by atoms with van der Waals surface area (Å²) >= 11 is 0. The standard InChI is InChI=1S/C19H23N5/c1-4-19(5-1)6-8-23(14-19)13-17-11-16-3-2-15(10-18(16)21-17)12-24-9-7-20-22-24/h2-3,7,9-11,21H,1,4-6,8,12-14H2. The van der Waals surface area contributed by atoms with Gasteiger partial charge in [-0.15, -0.1) is 5.10 Å². The molecule has 0 unspecified atom stereocenters. The average molecular weight is 321 g/mol. The van der Waals surface area contributed by atoms with Gasteiger partial charge in [-0.25, -0.2) is 4.68 Å². The second-order valence-electron chi connectivity index (χ2n) is 7.63. The van der Waals surface area contributed by atoms with E-state index in [9.17, 15) is 0 Å². The highest BCUT2D eigenvalue weighted by atomic mass is 15.4. The van der Waals surface area contributed by atoms with Crippen LogP contribution in [-0.4, -0.2) is 38.0 Å². The number of hydrogen-bond donors (Lipinski definition) is 1. The summed E-state index contributed by atoms with van der Waals surface area (Å²) in [6, 6.07) is 8.93. The first-order chi connectivity index (χ1) is 11.8. The van der Waals surface area contributed by atoms with Gasteiger partial charge in [-0.2, -0.15) is 0 Å². The topological polar surface area (TPSA) is 49.7 Å². The minimum atomic E-state index is 0.678. The smallest absolute Gasteiger partial charge is 0.0693 e. The molecule has 0 bridgehead atoms. The molecule has 5 heteroatoms. The zero-order valence-electron chi connectivity index (χ0n) is 13.9. The molecule has 2 fully saturated rings. The van der Waals surface area contributed by atoms with Crippen LogP contribution in [0.2, 0.25) is 0 Å². The number of aromatic amines is 1. The highest BCUT2D eigenvalue weighted by Gasteiger charge is 2.42. The molecule has 3 aromatic rings. The first-order valence-corrected chi connectivity index (χ1v) is 8.95. The molecule has 124 valence electrons. The zero-order valence-corrected chi connectivity index (χ0v) is 13.9. The van der Waals surface area contributed by atoms with Gasteiger partial charge in [-0.05, 0) is 54.3 Å². The van der Waals surface area contributed by atoms with Crippen molar-refractivity contribution >= 4 is 10.9 Å². The van der Waals surface area contributed by atoms with Crippen molar-refractivity contribution in [2.45, 2.75) is 38.8 Å². The maximum atomic E-state index is 4.04. The van der Waals surface area contributed by atoms with Crippen LogP contribution in [0.25, 0.3) is 10.9 Å². The lowest BCUT2D eigenvalue weighted by molar-refractivity contribution is 0.137. The Labute approximate surface area is 141 Å². The van der Waals surface area contributed by atoms with Gasteiger partial charge in [0.05, 0.1) is 12.7 Å². The molecular formula is C19H23N5. The molecule has 5 nitrogen and oxygen atoms in total. The van der Waals surface area contributed by atoms with E-state index < -0.39 is 0 Å². The predicted molar refractivity (Wildman–Crippen MR) is 93.6 cm³/mol. The van der Waals surface area contributed by atoms with Crippen LogP contribution in [0.15, 0.2) is 36.7 Å². The molecule has 1 spiro atoms. The van der Waals surface area contributed by atoms with Gasteiger partial charge in [-0.1, -0.05) is 23.8 Å². The summed E-state index contributed by atoms with van der Waals surface area (Å²) in [5, 5.41) is 9.20. The summed E-state index contributed by atoms with van der Waals surface area (Å²) < 4.78 is 1.85. The first-order valence-electron chi connectivity index (χ1n) is 8.95. The Morgan fingerprint density at radius 3 is 2.83 bits per heavy atom. The SMILES string of the molecule is c1cn(Cc2ccc3cc(CN4CCC5(CCC5)C4)[nH]c3c2)nn1. The van der Waals surface area contributed by atoms with Gasteiger partial charge in [0.1, 0.15) is 0 Å². The number of aromatic nitrogens is 4. The molecule has 0 amide bonds. The average Bonchev–Trinajstić information content (AvgIpc) is 3.25. The van der Waals surface area contributed by atoms with Crippen LogP contribution < -0.4 is 0 Å². The van der Waals surface area contributed by atoms with Crippen LogP contribution >= 0.6 is 0 Å². The van der Waals surface area contributed by atoms with E-state index in [1.165, 1.54) is 60.9 Å². The van der Waals surface area contributed by atoms with Crippen molar-refractivity contribution in [2.24, 2.45) is 5.41 Å². The third-order valence-corrected chi connectivity index (χ3v) is 5.88. The van der Waals surface area contributed by atoms with E-state index in [1.807, 2.05) is 10.9 Å². The third kappa shape index (κ3) is 2.53. The normalized spacial score (nSPS) is 20.0. The molecule has 5 rings (SSSR count). The van der Waals surface area contributed by atoms with E-state index in [0.29, 0.717) is 5.41 Å². The van der Waals surface area contributed by atoms with E-state index in [2.05, 4.69) is 44.5 Å². The van der Waals surface area contributed by atoms with E-state index >= 15 is 0 Å². The lowest BCUT2D eigenvalue weighted by Crippen LogP contribution is -2.32. The van der Waals surface area contributed by atoms with Crippen LogP contribution in [0.4, 0.5) is 0 Å². The van der Waals surface area contributed by atoms with Crippen molar-refractivity contribution < 1.29 is 0 Å². The highest BCUT2D eigenvalue weighted by Crippen LogP contribution is 2.48. The third-order valence-electron chi connectivity index (χ3n) is 5.88. The van der Waals surface area contributed by atoms with Crippen LogP contribution in [0, 0.1) is 5.41 Å². The quantitative estimate of drug-likeness (QED) is 0.803. The minimum absolute atomic E-state index is 0.678. The largest absolute Gasteiger partial charge is 0.357 e. The zero-order chi connectivity index (χ0) is 16.0. The fraction of sp³-hybridized carbons (Fsp3) is 0.474. The van der Waals surface area contributed by atoms with Crippen LogP contribution in [0.1, 0.15) is 36.9 Å². The second-order valence-corrected chi connectivity index (χ2v) is 7.63. The van der Waals surface area contributed by atoms with E-state index in [4.69, 9.17) is 0 Å². The minimum Gasteiger partial charge on any atom is -0.357 e. The Morgan fingerprint density at radius 1 is 1.12 bits per heavy atom. The highest BCUT2D eigenvalue weighted by molar-refractivity contribution is 5.81. The molecule has 0 atom stereocenters. The van der Waals surface area contributed by atoms with Gasteiger partial charge in [0.15, 0.2) is 0 Å². The van der Waals surface area contributed by atoms with Crippen LogP contribution in [-0.2, 0) is 13.1 Å². The maximum Gasteiger partial charge on any atom is 0.0693 e. The van der Waals surface area contributed by atoms with Crippen molar-refractivity contribution in [3.8, 4) is 0 Å². The summed E-state index contributed by atoms with van der Waals surface area (Å²) in [6.45, 7) is 4.36. The van der Waals surface area contributed by atoms with E-state index in [0.717, 1.165) is 13.1 Å². The fourth-order valence-corrected chi connectivity index (χ4v) is 4.41. The lowest BCUT2D eigenvalue weighted by atomic mass is 9.68. The van der Waals surface area contributed by atoms with Gasteiger partial charge >= 0.3 is 0 Å².